The molecule has 6 nitrogen and oxygen atoms in total. The maximum Gasteiger partial charge on any atom is 0.417 e. The molecule has 1 heterocycles. The fraction of sp³-hybridized carbons (Fsp3) is 0.263. The maximum absolute atomic E-state index is 13.2. The third kappa shape index (κ3) is 4.26. The zero-order chi connectivity index (χ0) is 21.2. The minimum Gasteiger partial charge on any atom is -0.336 e. The highest BCUT2D eigenvalue weighted by atomic mass is 32.2. The molecule has 152 valence electrons. The Labute approximate surface area is 165 Å². The van der Waals surface area contributed by atoms with Gasteiger partial charge in [0.05, 0.1) is 22.1 Å². The lowest BCUT2D eigenvalue weighted by Crippen LogP contribution is -2.50. The predicted octanol–water partition coefficient (Wildman–Crippen LogP) is 2.72. The Balaban J connectivity index is 1.77. The molecular weight excluding hydrogens is 407 g/mol. The summed E-state index contributed by atoms with van der Waals surface area (Å²) in [5.74, 6) is -0.366. The molecule has 0 unspecified atom stereocenters. The Bertz CT molecular complexity index is 1070. The molecule has 0 spiro atoms. The van der Waals surface area contributed by atoms with Gasteiger partial charge in [0.25, 0.3) is 5.91 Å². The van der Waals surface area contributed by atoms with Crippen LogP contribution in [0.1, 0.15) is 21.5 Å². The van der Waals surface area contributed by atoms with Crippen molar-refractivity contribution in [1.82, 2.24) is 9.21 Å². The molecule has 3 rings (SSSR count). The van der Waals surface area contributed by atoms with Crippen molar-refractivity contribution in [3.05, 3.63) is 65.2 Å². The Kier molecular flexibility index (Phi) is 5.64. The van der Waals surface area contributed by atoms with Gasteiger partial charge in [-0.2, -0.15) is 22.7 Å². The topological polar surface area (TPSA) is 81.5 Å². The SMILES string of the molecule is N#Cc1cccc(C(=O)N2CCN(S(=O)(=O)c3ccccc3C(F)(F)F)CC2)c1. The molecule has 1 amide bonds. The van der Waals surface area contributed by atoms with Crippen molar-refractivity contribution in [2.45, 2.75) is 11.1 Å². The number of carbonyl (C=O) groups excluding carboxylic acids is 1. The number of sulfonamides is 1. The van der Waals surface area contributed by atoms with Gasteiger partial charge < -0.3 is 4.90 Å². The average molecular weight is 423 g/mol. The zero-order valence-corrected chi connectivity index (χ0v) is 15.9. The molecule has 1 aliphatic rings. The molecule has 0 bridgehead atoms. The molecule has 1 aliphatic heterocycles. The Hall–Kier alpha value is -2.90. The summed E-state index contributed by atoms with van der Waals surface area (Å²) in [7, 11) is -4.37. The molecule has 2 aromatic carbocycles. The summed E-state index contributed by atoms with van der Waals surface area (Å²) in [6.45, 7) is -0.192. The second-order valence-electron chi connectivity index (χ2n) is 6.38. The van der Waals surface area contributed by atoms with Crippen LogP contribution in [0.5, 0.6) is 0 Å². The number of piperazine rings is 1. The second kappa shape index (κ2) is 7.85. The van der Waals surface area contributed by atoms with E-state index in [0.29, 0.717) is 11.1 Å². The van der Waals surface area contributed by atoms with Crippen molar-refractivity contribution >= 4 is 15.9 Å². The number of alkyl halides is 3. The largest absolute Gasteiger partial charge is 0.417 e. The van der Waals surface area contributed by atoms with Gasteiger partial charge in [0.2, 0.25) is 10.0 Å². The standard InChI is InChI=1S/C19H16F3N3O3S/c20-19(21,22)16-6-1-2-7-17(16)29(27,28)25-10-8-24(9-11-25)18(26)15-5-3-4-14(12-15)13-23/h1-7,12H,8-11H2. The molecule has 1 fully saturated rings. The highest BCUT2D eigenvalue weighted by Gasteiger charge is 2.39. The summed E-state index contributed by atoms with van der Waals surface area (Å²) in [4.78, 5) is 13.2. The quantitative estimate of drug-likeness (QED) is 0.760. The number of nitrogens with zero attached hydrogens (tertiary/aromatic N) is 3. The Morgan fingerprint density at radius 2 is 1.66 bits per heavy atom. The number of carbonyl (C=O) groups is 1. The van der Waals surface area contributed by atoms with Crippen molar-refractivity contribution in [3.8, 4) is 6.07 Å². The molecule has 0 aliphatic carbocycles. The fourth-order valence-corrected chi connectivity index (χ4v) is 4.74. The summed E-state index contributed by atoms with van der Waals surface area (Å²) in [6.07, 6.45) is -4.80. The number of rotatable bonds is 3. The summed E-state index contributed by atoms with van der Waals surface area (Å²) >= 11 is 0. The van der Waals surface area contributed by atoms with E-state index >= 15 is 0 Å². The van der Waals surface area contributed by atoms with Crippen LogP contribution in [-0.2, 0) is 16.2 Å². The molecule has 0 atom stereocenters. The molecule has 29 heavy (non-hydrogen) atoms. The van der Waals surface area contributed by atoms with Gasteiger partial charge in [-0.1, -0.05) is 18.2 Å². The molecular formula is C19H16F3N3O3S. The summed E-state index contributed by atoms with van der Waals surface area (Å²) in [5.41, 5.74) is -0.601. The lowest BCUT2D eigenvalue weighted by Gasteiger charge is -2.34. The van der Waals surface area contributed by atoms with E-state index in [1.807, 2.05) is 6.07 Å². The van der Waals surface area contributed by atoms with Gasteiger partial charge in [0, 0.05) is 31.7 Å². The van der Waals surface area contributed by atoms with Crippen LogP contribution in [0.3, 0.4) is 0 Å². The lowest BCUT2D eigenvalue weighted by atomic mass is 10.1. The molecule has 1 saturated heterocycles. The van der Waals surface area contributed by atoms with E-state index in [2.05, 4.69) is 0 Å². The monoisotopic (exact) mass is 423 g/mol. The van der Waals surface area contributed by atoms with E-state index in [-0.39, 0.29) is 32.1 Å². The van der Waals surface area contributed by atoms with Gasteiger partial charge >= 0.3 is 6.18 Å². The first-order chi connectivity index (χ1) is 13.6. The number of halogens is 3. The van der Waals surface area contributed by atoms with Crippen molar-refractivity contribution < 1.29 is 26.4 Å². The van der Waals surface area contributed by atoms with Crippen molar-refractivity contribution in [3.63, 3.8) is 0 Å². The van der Waals surface area contributed by atoms with Crippen molar-refractivity contribution in [2.24, 2.45) is 0 Å². The first-order valence-corrected chi connectivity index (χ1v) is 10.0. The highest BCUT2D eigenvalue weighted by molar-refractivity contribution is 7.89. The van der Waals surface area contributed by atoms with E-state index in [4.69, 9.17) is 5.26 Å². The van der Waals surface area contributed by atoms with Gasteiger partial charge in [-0.15, -0.1) is 0 Å². The Morgan fingerprint density at radius 1 is 1.00 bits per heavy atom. The summed E-state index contributed by atoms with van der Waals surface area (Å²) in [6, 6.07) is 12.1. The first kappa shape index (κ1) is 20.8. The molecule has 0 aromatic heterocycles. The van der Waals surface area contributed by atoms with Crippen LogP contribution in [0.15, 0.2) is 53.4 Å². The number of hydrogen-bond acceptors (Lipinski definition) is 4. The average Bonchev–Trinajstić information content (AvgIpc) is 2.72. The van der Waals surface area contributed by atoms with Crippen molar-refractivity contribution in [1.29, 1.82) is 5.26 Å². The summed E-state index contributed by atoms with van der Waals surface area (Å²) < 4.78 is 66.1. The van der Waals surface area contributed by atoms with Crippen LogP contribution in [0.2, 0.25) is 0 Å². The van der Waals surface area contributed by atoms with E-state index in [1.54, 1.807) is 18.2 Å². The minimum atomic E-state index is -4.80. The van der Waals surface area contributed by atoms with Gasteiger partial charge in [0.1, 0.15) is 0 Å². The summed E-state index contributed by atoms with van der Waals surface area (Å²) in [5, 5.41) is 8.94. The van der Waals surface area contributed by atoms with Crippen molar-refractivity contribution in [2.75, 3.05) is 26.2 Å². The first-order valence-electron chi connectivity index (χ1n) is 8.60. The molecule has 0 radical (unpaired) electrons. The zero-order valence-electron chi connectivity index (χ0n) is 15.1. The van der Waals surface area contributed by atoms with Gasteiger partial charge in [-0.3, -0.25) is 4.79 Å². The second-order valence-corrected chi connectivity index (χ2v) is 8.29. The van der Waals surface area contributed by atoms with E-state index in [9.17, 15) is 26.4 Å². The van der Waals surface area contributed by atoms with Crippen LogP contribution in [-0.4, -0.2) is 49.7 Å². The Morgan fingerprint density at radius 3 is 2.28 bits per heavy atom. The molecule has 2 aromatic rings. The van der Waals surface area contributed by atoms with Crippen LogP contribution < -0.4 is 0 Å². The van der Waals surface area contributed by atoms with E-state index in [0.717, 1.165) is 22.5 Å². The normalized spacial score (nSPS) is 15.7. The van der Waals surface area contributed by atoms with Gasteiger partial charge in [-0.05, 0) is 30.3 Å². The van der Waals surface area contributed by atoms with Gasteiger partial charge in [-0.25, -0.2) is 8.42 Å². The molecule has 0 N–H and O–H groups in total. The van der Waals surface area contributed by atoms with Crippen LogP contribution >= 0.6 is 0 Å². The maximum atomic E-state index is 13.2. The van der Waals surface area contributed by atoms with E-state index < -0.39 is 26.7 Å². The molecule has 0 saturated carbocycles. The third-order valence-corrected chi connectivity index (χ3v) is 6.53. The van der Waals surface area contributed by atoms with Crippen LogP contribution in [0.25, 0.3) is 0 Å². The predicted molar refractivity (Wildman–Crippen MR) is 97.3 cm³/mol. The highest BCUT2D eigenvalue weighted by Crippen LogP contribution is 2.35. The minimum absolute atomic E-state index is 0.0308. The number of nitriles is 1. The third-order valence-electron chi connectivity index (χ3n) is 4.57. The molecule has 10 heteroatoms. The van der Waals surface area contributed by atoms with Crippen LogP contribution in [0, 0.1) is 11.3 Å². The van der Waals surface area contributed by atoms with Crippen LogP contribution in [0.4, 0.5) is 13.2 Å². The van der Waals surface area contributed by atoms with Gasteiger partial charge in [0.15, 0.2) is 0 Å². The lowest BCUT2D eigenvalue weighted by molar-refractivity contribution is -0.139. The fourth-order valence-electron chi connectivity index (χ4n) is 3.10. The van der Waals surface area contributed by atoms with E-state index in [1.165, 1.54) is 17.0 Å². The smallest absolute Gasteiger partial charge is 0.336 e. The number of hydrogen-bond donors (Lipinski definition) is 0. The number of benzene rings is 2. The number of amides is 1.